The van der Waals surface area contributed by atoms with E-state index in [1.807, 2.05) is 10.0 Å². The maximum Gasteiger partial charge on any atom is 0.416 e. The van der Waals surface area contributed by atoms with Crippen LogP contribution in [0.15, 0.2) is 54.1 Å². The Bertz CT molecular complexity index is 1190. The van der Waals surface area contributed by atoms with Gasteiger partial charge in [-0.2, -0.15) is 31.1 Å². The quantitative estimate of drug-likeness (QED) is 0.208. The van der Waals surface area contributed by atoms with Crippen LogP contribution in [0.1, 0.15) is 36.0 Å². The maximum absolute atomic E-state index is 14.7. The maximum atomic E-state index is 14.7. The molecule has 38 heavy (non-hydrogen) atoms. The molecule has 0 bridgehead atoms. The van der Waals surface area contributed by atoms with Crippen LogP contribution < -0.4 is 14.8 Å². The molecule has 206 valence electrons. The van der Waals surface area contributed by atoms with Crippen LogP contribution in [0.5, 0.6) is 5.75 Å². The van der Waals surface area contributed by atoms with Crippen LogP contribution in [0.4, 0.5) is 26.3 Å². The van der Waals surface area contributed by atoms with Crippen molar-refractivity contribution >= 4 is 28.7 Å². The molecular formula is C25H24F6N2O4S. The largest absolute Gasteiger partial charge is 0.593 e. The highest BCUT2D eigenvalue weighted by atomic mass is 32.2. The number of halogens is 6. The number of hydrogen-bond acceptors (Lipinski definition) is 4. The molecule has 0 fully saturated rings. The predicted octanol–water partition coefficient (Wildman–Crippen LogP) is 4.86. The molecule has 2 N–H and O–H groups in total. The molecule has 0 radical (unpaired) electrons. The van der Waals surface area contributed by atoms with E-state index in [0.29, 0.717) is 0 Å². The second-order valence-corrected chi connectivity index (χ2v) is 9.84. The van der Waals surface area contributed by atoms with Gasteiger partial charge in [0.1, 0.15) is 17.6 Å². The molecule has 0 aromatic heterocycles. The van der Waals surface area contributed by atoms with E-state index < -0.39 is 59.5 Å². The number of carbonyl (C=O) groups excluding carboxylic acids is 2. The summed E-state index contributed by atoms with van der Waals surface area (Å²) in [6.45, 7) is 1.46. The molecule has 2 aromatic rings. The third-order valence-electron chi connectivity index (χ3n) is 5.87. The molecular weight excluding hydrogens is 538 g/mol. The number of nitrogens with one attached hydrogen (secondary N) is 2. The highest BCUT2D eigenvalue weighted by Crippen LogP contribution is 2.48. The minimum atomic E-state index is -5.02. The van der Waals surface area contributed by atoms with E-state index in [1.165, 1.54) is 24.3 Å². The molecule has 0 saturated heterocycles. The summed E-state index contributed by atoms with van der Waals surface area (Å²) in [4.78, 5) is 25.8. The second-order valence-electron chi connectivity index (χ2n) is 8.73. The van der Waals surface area contributed by atoms with Crippen LogP contribution in [0.25, 0.3) is 5.57 Å². The van der Waals surface area contributed by atoms with Gasteiger partial charge in [-0.25, -0.2) is 0 Å². The second kappa shape index (κ2) is 11.3. The smallest absolute Gasteiger partial charge is 0.416 e. The average molecular weight is 563 g/mol. The molecule has 1 unspecified atom stereocenters. The van der Waals surface area contributed by atoms with Crippen molar-refractivity contribution in [3.05, 3.63) is 70.8 Å². The van der Waals surface area contributed by atoms with Crippen LogP contribution in [0.3, 0.4) is 0 Å². The molecule has 0 saturated carbocycles. The topological polar surface area (TPSA) is 90.5 Å². The number of aryl methyl sites for hydroxylation is 1. The summed E-state index contributed by atoms with van der Waals surface area (Å²) >= 11 is -1.88. The van der Waals surface area contributed by atoms with Crippen molar-refractivity contribution in [2.45, 2.75) is 44.1 Å². The van der Waals surface area contributed by atoms with E-state index >= 15 is 0 Å². The number of hydrogen-bond donors (Lipinski definition) is 2. The predicted molar refractivity (Wildman–Crippen MR) is 128 cm³/mol. The zero-order chi connectivity index (χ0) is 28.3. The Labute approximate surface area is 217 Å². The molecule has 2 aromatic carbocycles. The Morgan fingerprint density at radius 3 is 2.21 bits per heavy atom. The molecule has 13 heteroatoms. The number of carbonyl (C=O) groups is 2. The van der Waals surface area contributed by atoms with Crippen LogP contribution in [0.2, 0.25) is 0 Å². The molecule has 1 aliphatic rings. The Hall–Kier alpha value is -3.19. The van der Waals surface area contributed by atoms with Crippen molar-refractivity contribution in [2.75, 3.05) is 12.9 Å². The summed E-state index contributed by atoms with van der Waals surface area (Å²) in [7, 11) is 0. The highest BCUT2D eigenvalue weighted by Gasteiger charge is 2.60. The first-order chi connectivity index (χ1) is 17.6. The first-order valence-electron chi connectivity index (χ1n) is 11.3. The van der Waals surface area contributed by atoms with Crippen molar-refractivity contribution in [2.24, 2.45) is 0 Å². The molecule has 2 amide bonds. The normalized spacial score (nSPS) is 19.1. The lowest BCUT2D eigenvalue weighted by molar-refractivity contribution is -0.201. The van der Waals surface area contributed by atoms with Crippen LogP contribution in [0, 0.1) is 6.92 Å². The molecule has 0 aliphatic carbocycles. The van der Waals surface area contributed by atoms with Gasteiger partial charge in [0.2, 0.25) is 0 Å². The Balaban J connectivity index is 2.01. The van der Waals surface area contributed by atoms with Gasteiger partial charge in [-0.1, -0.05) is 42.0 Å². The molecule has 2 atom stereocenters. The summed E-state index contributed by atoms with van der Waals surface area (Å²) in [5, 5.41) is 1.94. The Kier molecular flexibility index (Phi) is 8.72. The zero-order valence-electron chi connectivity index (χ0n) is 20.3. The van der Waals surface area contributed by atoms with E-state index in [2.05, 4.69) is 0 Å². The van der Waals surface area contributed by atoms with Gasteiger partial charge in [0.25, 0.3) is 11.8 Å². The van der Waals surface area contributed by atoms with Crippen molar-refractivity contribution in [3.63, 3.8) is 0 Å². The fourth-order valence-corrected chi connectivity index (χ4v) is 4.38. The lowest BCUT2D eigenvalue weighted by Crippen LogP contribution is -2.59. The number of rotatable bonds is 8. The van der Waals surface area contributed by atoms with E-state index in [0.717, 1.165) is 24.0 Å². The molecule has 0 spiro atoms. The summed E-state index contributed by atoms with van der Waals surface area (Å²) in [6, 6.07) is 10.7. The minimum absolute atomic E-state index is 0.0511. The zero-order valence-corrected chi connectivity index (χ0v) is 21.1. The molecule has 6 nitrogen and oxygen atoms in total. The number of ether oxygens (including phenoxy) is 1. The number of alkyl halides is 6. The first kappa shape index (κ1) is 29.4. The Morgan fingerprint density at radius 1 is 1.08 bits per heavy atom. The SMILES string of the molecule is Cc1ccc(C2=C(C(=O)N[S+](C)[O-])C(=O)N[C@@](c3ccc(OCCCC(F)(F)F)cc3)(C(F)(F)F)C2)cc1. The fraction of sp³-hybridized carbons (Fsp3) is 0.360. The van der Waals surface area contributed by atoms with Gasteiger partial charge in [0.15, 0.2) is 5.54 Å². The lowest BCUT2D eigenvalue weighted by Gasteiger charge is -2.41. The van der Waals surface area contributed by atoms with Gasteiger partial charge in [0.05, 0.1) is 18.0 Å². The minimum Gasteiger partial charge on any atom is -0.593 e. The third-order valence-corrected chi connectivity index (χ3v) is 6.34. The first-order valence-corrected chi connectivity index (χ1v) is 12.8. The molecule has 1 aliphatic heterocycles. The van der Waals surface area contributed by atoms with Crippen molar-refractivity contribution in [1.82, 2.24) is 10.0 Å². The van der Waals surface area contributed by atoms with E-state index in [1.54, 1.807) is 19.1 Å². The van der Waals surface area contributed by atoms with Crippen molar-refractivity contribution < 1.29 is 45.2 Å². The highest BCUT2D eigenvalue weighted by molar-refractivity contribution is 7.89. The monoisotopic (exact) mass is 562 g/mol. The van der Waals surface area contributed by atoms with Crippen LogP contribution >= 0.6 is 0 Å². The van der Waals surface area contributed by atoms with Gasteiger partial charge in [-0.05, 0) is 42.2 Å². The van der Waals surface area contributed by atoms with Gasteiger partial charge < -0.3 is 14.6 Å². The Morgan fingerprint density at radius 2 is 1.68 bits per heavy atom. The lowest BCUT2D eigenvalue weighted by atomic mass is 9.76. The van der Waals surface area contributed by atoms with Crippen molar-refractivity contribution in [3.8, 4) is 5.75 Å². The summed E-state index contributed by atoms with van der Waals surface area (Å²) in [5.74, 6) is -2.34. The van der Waals surface area contributed by atoms with Crippen LogP contribution in [-0.2, 0) is 26.5 Å². The van der Waals surface area contributed by atoms with Crippen LogP contribution in [-0.4, -0.2) is 41.6 Å². The van der Waals surface area contributed by atoms with Crippen molar-refractivity contribution in [1.29, 1.82) is 0 Å². The molecule has 3 rings (SSSR count). The summed E-state index contributed by atoms with van der Waals surface area (Å²) < 4.78 is 99.8. The third kappa shape index (κ3) is 6.81. The van der Waals surface area contributed by atoms with E-state index in [-0.39, 0.29) is 35.5 Å². The number of benzene rings is 2. The fourth-order valence-electron chi connectivity index (χ4n) is 4.02. The number of amides is 2. The summed E-state index contributed by atoms with van der Waals surface area (Å²) in [6.07, 6.45) is -10.5. The van der Waals surface area contributed by atoms with E-state index in [9.17, 15) is 40.5 Å². The van der Waals surface area contributed by atoms with Gasteiger partial charge in [-0.15, -0.1) is 0 Å². The van der Waals surface area contributed by atoms with Gasteiger partial charge in [0, 0.05) is 12.8 Å². The van der Waals surface area contributed by atoms with Gasteiger partial charge >= 0.3 is 12.4 Å². The summed E-state index contributed by atoms with van der Waals surface area (Å²) in [5.41, 5.74) is -3.09. The van der Waals surface area contributed by atoms with E-state index in [4.69, 9.17) is 4.74 Å². The standard InChI is InChI=1S/C25H24F6N2O4S/c1-15-4-6-16(7-5-15)19-14-23(25(29,30)31,32-21(34)20(19)22(35)33-38(2)36)17-8-10-18(11-9-17)37-13-3-12-24(26,27)28/h4-11H,3,12-14H2,1-2H3,(H,32,34)(H,33,35)/t23-,38?/m0/s1. The average Bonchev–Trinajstić information content (AvgIpc) is 2.80. The molecule has 1 heterocycles. The van der Waals surface area contributed by atoms with Gasteiger partial charge in [-0.3, -0.25) is 9.59 Å².